The van der Waals surface area contributed by atoms with Crippen molar-refractivity contribution < 1.29 is 30.3 Å². The summed E-state index contributed by atoms with van der Waals surface area (Å²) in [5.74, 6) is -2.82. The van der Waals surface area contributed by atoms with E-state index in [1.165, 1.54) is 42.5 Å². The van der Waals surface area contributed by atoms with Crippen molar-refractivity contribution in [1.82, 2.24) is 0 Å². The van der Waals surface area contributed by atoms with Gasteiger partial charge in [0.1, 0.15) is 28.7 Å². The molecule has 4 aromatic carbocycles. The summed E-state index contributed by atoms with van der Waals surface area (Å²) in [6.07, 6.45) is 0. The van der Waals surface area contributed by atoms with Gasteiger partial charge in [0.05, 0.1) is 5.92 Å². The third-order valence-corrected chi connectivity index (χ3v) is 6.72. The molecular weight excluding hydrogens is 444 g/mol. The van der Waals surface area contributed by atoms with Crippen LogP contribution in [0.15, 0.2) is 78.9 Å². The summed E-state index contributed by atoms with van der Waals surface area (Å²) in [5.41, 5.74) is 3.64. The monoisotopic (exact) mass is 468 g/mol. The minimum atomic E-state index is -0.828. The maximum atomic E-state index is 14.0. The minimum absolute atomic E-state index is 0.0701. The number of hydrogen-bond acceptors (Lipinski definition) is 6. The quantitative estimate of drug-likeness (QED) is 0.255. The highest BCUT2D eigenvalue weighted by molar-refractivity contribution is 6.03. The van der Waals surface area contributed by atoms with E-state index in [2.05, 4.69) is 0 Å². The van der Waals surface area contributed by atoms with Gasteiger partial charge in [0.2, 0.25) is 0 Å². The van der Waals surface area contributed by atoms with Crippen LogP contribution in [0.5, 0.6) is 28.7 Å². The van der Waals surface area contributed by atoms with Crippen LogP contribution in [0.3, 0.4) is 0 Å². The van der Waals surface area contributed by atoms with Crippen LogP contribution in [-0.4, -0.2) is 31.3 Å². The first-order valence-corrected chi connectivity index (χ1v) is 11.2. The summed E-state index contributed by atoms with van der Waals surface area (Å²) < 4.78 is 0. The first-order valence-electron chi connectivity index (χ1n) is 11.2. The summed E-state index contributed by atoms with van der Waals surface area (Å²) in [4.78, 5) is 14.0. The molecule has 1 aliphatic carbocycles. The lowest BCUT2D eigenvalue weighted by Crippen LogP contribution is -2.20. The molecule has 0 heterocycles. The smallest absolute Gasteiger partial charge is 0.170 e. The van der Waals surface area contributed by atoms with Crippen molar-refractivity contribution in [2.24, 2.45) is 0 Å². The molecule has 0 spiro atoms. The Morgan fingerprint density at radius 1 is 0.657 bits per heavy atom. The Hall–Kier alpha value is -4.45. The van der Waals surface area contributed by atoms with Crippen LogP contribution < -0.4 is 0 Å². The molecule has 6 heteroatoms. The Bertz CT molecular complexity index is 1400. The number of hydrogen-bond donors (Lipinski definition) is 5. The van der Waals surface area contributed by atoms with Crippen LogP contribution in [0, 0.1) is 6.92 Å². The highest BCUT2D eigenvalue weighted by Crippen LogP contribution is 2.59. The third-order valence-electron chi connectivity index (χ3n) is 6.72. The van der Waals surface area contributed by atoms with Gasteiger partial charge in [-0.15, -0.1) is 0 Å². The lowest BCUT2D eigenvalue weighted by atomic mass is 9.75. The van der Waals surface area contributed by atoms with Gasteiger partial charge < -0.3 is 25.5 Å². The maximum Gasteiger partial charge on any atom is 0.170 e. The van der Waals surface area contributed by atoms with Gasteiger partial charge in [-0.2, -0.15) is 0 Å². The van der Waals surface area contributed by atoms with Crippen molar-refractivity contribution in [3.8, 4) is 28.7 Å². The first-order chi connectivity index (χ1) is 16.7. The van der Waals surface area contributed by atoms with Crippen molar-refractivity contribution in [3.63, 3.8) is 0 Å². The number of ketones is 1. The number of carbonyl (C=O) groups is 1. The molecule has 176 valence electrons. The lowest BCUT2D eigenvalue weighted by Gasteiger charge is -2.26. The van der Waals surface area contributed by atoms with Crippen LogP contribution >= 0.6 is 0 Å². The zero-order valence-electron chi connectivity index (χ0n) is 18.9. The largest absolute Gasteiger partial charge is 0.508 e. The van der Waals surface area contributed by atoms with Gasteiger partial charge in [0, 0.05) is 35.1 Å². The second kappa shape index (κ2) is 8.40. The van der Waals surface area contributed by atoms with Gasteiger partial charge in [0.15, 0.2) is 5.78 Å². The predicted octanol–water partition coefficient (Wildman–Crippen LogP) is 5.42. The molecule has 0 saturated heterocycles. The van der Waals surface area contributed by atoms with Crippen LogP contribution in [0.1, 0.15) is 55.9 Å². The van der Waals surface area contributed by atoms with E-state index in [1.807, 2.05) is 19.1 Å². The summed E-state index contributed by atoms with van der Waals surface area (Å²) in [6.45, 7) is 1.92. The van der Waals surface area contributed by atoms with E-state index in [1.54, 1.807) is 24.3 Å². The van der Waals surface area contributed by atoms with E-state index >= 15 is 0 Å². The molecule has 1 aliphatic rings. The standard InChI is InChI=1S/C29H24O6/c1-15-2-4-17(5-3-15)29(35)28-23-13-22(33)14-24(34)27(23)25(16-6-8-19(30)9-7-16)26(28)18-10-20(31)12-21(32)11-18/h2-14,25-26,28,30-34H,1H3/t25-,26+,28-/m0/s1. The normalized spacial score (nSPS) is 18.8. The van der Waals surface area contributed by atoms with Crippen molar-refractivity contribution in [2.75, 3.05) is 0 Å². The summed E-state index contributed by atoms with van der Waals surface area (Å²) in [6, 6.07) is 20.6. The molecule has 0 aromatic heterocycles. The molecule has 0 unspecified atom stereocenters. The third kappa shape index (κ3) is 3.93. The van der Waals surface area contributed by atoms with Crippen LogP contribution in [0.25, 0.3) is 0 Å². The van der Waals surface area contributed by atoms with Gasteiger partial charge >= 0.3 is 0 Å². The van der Waals surface area contributed by atoms with Crippen LogP contribution in [0.4, 0.5) is 0 Å². The number of carbonyl (C=O) groups excluding carboxylic acids is 1. The van der Waals surface area contributed by atoms with Crippen molar-refractivity contribution >= 4 is 5.78 Å². The second-order valence-corrected chi connectivity index (χ2v) is 9.05. The molecular formula is C29H24O6. The van der Waals surface area contributed by atoms with Crippen LogP contribution in [0.2, 0.25) is 0 Å². The Morgan fingerprint density at radius 3 is 1.89 bits per heavy atom. The van der Waals surface area contributed by atoms with E-state index in [0.717, 1.165) is 11.1 Å². The molecule has 5 N–H and O–H groups in total. The fourth-order valence-corrected chi connectivity index (χ4v) is 5.26. The maximum absolute atomic E-state index is 14.0. The highest BCUT2D eigenvalue weighted by atomic mass is 16.3. The molecule has 0 fully saturated rings. The summed E-state index contributed by atoms with van der Waals surface area (Å²) in [7, 11) is 0. The molecule has 6 nitrogen and oxygen atoms in total. The average molecular weight is 469 g/mol. The number of rotatable bonds is 4. The number of aryl methyl sites for hydroxylation is 1. The predicted molar refractivity (Wildman–Crippen MR) is 130 cm³/mol. The fraction of sp³-hybridized carbons (Fsp3) is 0.138. The van der Waals surface area contributed by atoms with Crippen molar-refractivity contribution in [3.05, 3.63) is 112 Å². The number of benzene rings is 4. The Labute approximate surface area is 202 Å². The van der Waals surface area contributed by atoms with E-state index in [9.17, 15) is 30.3 Å². The minimum Gasteiger partial charge on any atom is -0.508 e. The van der Waals surface area contributed by atoms with E-state index in [-0.39, 0.29) is 34.5 Å². The molecule has 0 bridgehead atoms. The average Bonchev–Trinajstić information content (AvgIpc) is 3.14. The zero-order valence-corrected chi connectivity index (χ0v) is 18.9. The highest BCUT2D eigenvalue weighted by Gasteiger charge is 2.48. The molecule has 5 rings (SSSR count). The van der Waals surface area contributed by atoms with Crippen molar-refractivity contribution in [1.29, 1.82) is 0 Å². The van der Waals surface area contributed by atoms with Gasteiger partial charge in [-0.25, -0.2) is 0 Å². The topological polar surface area (TPSA) is 118 Å². The molecule has 35 heavy (non-hydrogen) atoms. The number of phenols is 5. The number of Topliss-reactive ketones (excluding diaryl/α,β-unsaturated/α-hetero) is 1. The van der Waals surface area contributed by atoms with Crippen LogP contribution in [-0.2, 0) is 0 Å². The Morgan fingerprint density at radius 2 is 1.26 bits per heavy atom. The van der Waals surface area contributed by atoms with Crippen molar-refractivity contribution in [2.45, 2.75) is 24.7 Å². The zero-order chi connectivity index (χ0) is 24.9. The molecule has 0 aliphatic heterocycles. The number of aromatic hydroxyl groups is 5. The Kier molecular flexibility index (Phi) is 5.36. The SMILES string of the molecule is Cc1ccc(C(=O)[C@H]2c3cc(O)cc(O)c3[C@@H](c3ccc(O)cc3)[C@H]2c2cc(O)cc(O)c2)cc1. The second-order valence-electron chi connectivity index (χ2n) is 9.05. The van der Waals surface area contributed by atoms with E-state index in [0.29, 0.717) is 22.3 Å². The number of phenolic OH excluding ortho intramolecular Hbond substituents is 5. The lowest BCUT2D eigenvalue weighted by molar-refractivity contribution is 0.0949. The van der Waals surface area contributed by atoms with Gasteiger partial charge in [0.25, 0.3) is 0 Å². The summed E-state index contributed by atoms with van der Waals surface area (Å²) >= 11 is 0. The molecule has 3 atom stereocenters. The van der Waals surface area contributed by atoms with Gasteiger partial charge in [-0.05, 0) is 53.9 Å². The molecule has 0 saturated carbocycles. The van der Waals surface area contributed by atoms with E-state index in [4.69, 9.17) is 0 Å². The van der Waals surface area contributed by atoms with Gasteiger partial charge in [-0.3, -0.25) is 4.79 Å². The molecule has 0 amide bonds. The Balaban J connectivity index is 1.80. The van der Waals surface area contributed by atoms with E-state index < -0.39 is 17.8 Å². The van der Waals surface area contributed by atoms with Gasteiger partial charge in [-0.1, -0.05) is 42.0 Å². The first kappa shape index (κ1) is 22.3. The molecule has 0 radical (unpaired) electrons. The molecule has 4 aromatic rings. The fourth-order valence-electron chi connectivity index (χ4n) is 5.26. The number of fused-ring (bicyclic) bond motifs is 1. The summed E-state index contributed by atoms with van der Waals surface area (Å²) in [5, 5.41) is 51.7.